The molecule has 0 saturated carbocycles. The Bertz CT molecular complexity index is 654. The highest BCUT2D eigenvalue weighted by molar-refractivity contribution is 8.05. The lowest BCUT2D eigenvalue weighted by molar-refractivity contribution is -0.135. The number of hydrogen-bond donors (Lipinski definition) is 0. The minimum atomic E-state index is -3.80. The van der Waals surface area contributed by atoms with Crippen molar-refractivity contribution in [3.05, 3.63) is 51.9 Å². The van der Waals surface area contributed by atoms with Gasteiger partial charge in [0, 0.05) is 5.02 Å². The van der Waals surface area contributed by atoms with Gasteiger partial charge in [-0.05, 0) is 29.8 Å². The molecule has 0 N–H and O–H groups in total. The van der Waals surface area contributed by atoms with Crippen LogP contribution in [0, 0.1) is 0 Å². The minimum Gasteiger partial charge on any atom is -0.465 e. The Labute approximate surface area is 109 Å². The zero-order chi connectivity index (χ0) is 13.3. The summed E-state index contributed by atoms with van der Waals surface area (Å²) in [5.41, 5.74) is 0.481. The van der Waals surface area contributed by atoms with E-state index in [0.29, 0.717) is 10.6 Å². The molecule has 1 aliphatic rings. The number of sulfone groups is 1. The molecule has 0 bridgehead atoms. The van der Waals surface area contributed by atoms with Crippen molar-refractivity contribution < 1.29 is 17.9 Å². The number of benzene rings is 1. The Morgan fingerprint density at radius 2 is 1.78 bits per heavy atom. The fraction of sp³-hybridized carbons (Fsp3) is 0.0833. The van der Waals surface area contributed by atoms with Gasteiger partial charge in [-0.2, -0.15) is 0 Å². The summed E-state index contributed by atoms with van der Waals surface area (Å²) < 4.78 is 28.6. The molecule has 94 valence electrons. The van der Waals surface area contributed by atoms with Crippen LogP contribution in [0.2, 0.25) is 5.02 Å². The molecule has 1 aliphatic heterocycles. The van der Waals surface area contributed by atoms with E-state index >= 15 is 0 Å². The van der Waals surface area contributed by atoms with E-state index in [2.05, 4.69) is 4.74 Å². The number of ether oxygens (including phenoxy) is 1. The Morgan fingerprint density at radius 1 is 1.17 bits per heavy atom. The maximum absolute atomic E-state index is 12.1. The second-order valence-corrected chi connectivity index (χ2v) is 5.89. The van der Waals surface area contributed by atoms with E-state index in [1.807, 2.05) is 0 Å². The van der Waals surface area contributed by atoms with Crippen LogP contribution in [0.5, 0.6) is 0 Å². The van der Waals surface area contributed by atoms with Crippen molar-refractivity contribution in [2.45, 2.75) is 0 Å². The molecule has 0 fully saturated rings. The second-order valence-electron chi connectivity index (χ2n) is 3.56. The number of rotatable bonds is 2. The predicted octanol–water partition coefficient (Wildman–Crippen LogP) is 2.17. The van der Waals surface area contributed by atoms with Gasteiger partial charge >= 0.3 is 5.97 Å². The Balaban J connectivity index is 2.41. The largest absolute Gasteiger partial charge is 0.465 e. The second kappa shape index (κ2) is 4.59. The molecule has 0 unspecified atom stereocenters. The first kappa shape index (κ1) is 12.9. The van der Waals surface area contributed by atoms with Crippen LogP contribution < -0.4 is 0 Å². The van der Waals surface area contributed by atoms with E-state index in [1.54, 1.807) is 24.3 Å². The summed E-state index contributed by atoms with van der Waals surface area (Å²) >= 11 is 5.73. The Kier molecular flexibility index (Phi) is 3.28. The summed E-state index contributed by atoms with van der Waals surface area (Å²) in [6, 6.07) is 6.34. The van der Waals surface area contributed by atoms with E-state index in [4.69, 9.17) is 11.6 Å². The highest BCUT2D eigenvalue weighted by atomic mass is 35.5. The number of hydrogen-bond acceptors (Lipinski definition) is 4. The molecule has 0 aromatic heterocycles. The van der Waals surface area contributed by atoms with Crippen molar-refractivity contribution >= 4 is 32.3 Å². The molecule has 2 rings (SSSR count). The van der Waals surface area contributed by atoms with Crippen LogP contribution in [0.4, 0.5) is 0 Å². The van der Waals surface area contributed by atoms with Crippen LogP contribution in [0.25, 0.3) is 4.91 Å². The van der Waals surface area contributed by atoms with Crippen LogP contribution >= 0.6 is 11.6 Å². The average molecular weight is 285 g/mol. The molecule has 1 heterocycles. The van der Waals surface area contributed by atoms with Crippen LogP contribution in [0.3, 0.4) is 0 Å². The molecule has 1 aromatic carbocycles. The summed E-state index contributed by atoms with van der Waals surface area (Å²) in [5.74, 6) is -0.866. The van der Waals surface area contributed by atoms with Crippen molar-refractivity contribution in [1.29, 1.82) is 0 Å². The van der Waals surface area contributed by atoms with Gasteiger partial charge in [0.25, 0.3) is 0 Å². The molecule has 0 radical (unpaired) electrons. The molecule has 0 amide bonds. The predicted molar refractivity (Wildman–Crippen MR) is 68.4 cm³/mol. The number of carbonyl (C=O) groups is 1. The molecular formula is C12H9ClO4S. The normalized spacial score (nSPS) is 17.0. The van der Waals surface area contributed by atoms with Crippen molar-refractivity contribution in [3.63, 3.8) is 0 Å². The Hall–Kier alpha value is -1.59. The van der Waals surface area contributed by atoms with Gasteiger partial charge in [0.05, 0.1) is 12.0 Å². The number of methoxy groups -OCH3 is 1. The highest BCUT2D eigenvalue weighted by Crippen LogP contribution is 2.33. The van der Waals surface area contributed by atoms with Gasteiger partial charge in [-0.15, -0.1) is 0 Å². The van der Waals surface area contributed by atoms with E-state index in [0.717, 1.165) is 7.11 Å². The lowest BCUT2D eigenvalue weighted by Crippen LogP contribution is -2.13. The topological polar surface area (TPSA) is 60.4 Å². The minimum absolute atomic E-state index is 0.0690. The molecule has 18 heavy (non-hydrogen) atoms. The van der Waals surface area contributed by atoms with Crippen LogP contribution in [0.1, 0.15) is 5.56 Å². The molecule has 0 saturated heterocycles. The van der Waals surface area contributed by atoms with Crippen LogP contribution in [0.15, 0.2) is 41.3 Å². The number of allylic oxidation sites excluding steroid dienone is 2. The Morgan fingerprint density at radius 3 is 2.33 bits per heavy atom. The summed E-state index contributed by atoms with van der Waals surface area (Å²) in [5, 5.41) is 0.510. The molecule has 1 aromatic rings. The van der Waals surface area contributed by atoms with Crippen LogP contribution in [-0.4, -0.2) is 21.5 Å². The monoisotopic (exact) mass is 284 g/mol. The van der Waals surface area contributed by atoms with Gasteiger partial charge < -0.3 is 4.74 Å². The average Bonchev–Trinajstić information content (AvgIpc) is 2.65. The summed E-state index contributed by atoms with van der Waals surface area (Å²) in [6.07, 6.45) is 2.62. The number of esters is 1. The third-order valence-electron chi connectivity index (χ3n) is 2.48. The van der Waals surface area contributed by atoms with E-state index < -0.39 is 15.8 Å². The first-order chi connectivity index (χ1) is 8.46. The van der Waals surface area contributed by atoms with Gasteiger partial charge in [0.1, 0.15) is 0 Å². The van der Waals surface area contributed by atoms with Gasteiger partial charge in [-0.3, -0.25) is 0 Å². The van der Waals surface area contributed by atoms with Crippen molar-refractivity contribution in [2.75, 3.05) is 7.11 Å². The summed E-state index contributed by atoms with van der Waals surface area (Å²) in [4.78, 5) is 11.1. The first-order valence-electron chi connectivity index (χ1n) is 4.98. The standard InChI is InChI=1S/C12H9ClO4S/c1-17-12(14)11-7-6-10(18(11,15)16)8-2-4-9(13)5-3-8/h2-7H,1H3. The zero-order valence-electron chi connectivity index (χ0n) is 9.38. The molecular weight excluding hydrogens is 276 g/mol. The fourth-order valence-corrected chi connectivity index (χ4v) is 3.20. The SMILES string of the molecule is COC(=O)C1=CC=C(c2ccc(Cl)cc2)S1(=O)=O. The van der Waals surface area contributed by atoms with Crippen molar-refractivity contribution in [2.24, 2.45) is 0 Å². The fourth-order valence-electron chi connectivity index (χ4n) is 1.59. The number of halogens is 1. The van der Waals surface area contributed by atoms with E-state index in [1.165, 1.54) is 12.2 Å². The summed E-state index contributed by atoms with van der Waals surface area (Å²) in [6.45, 7) is 0. The van der Waals surface area contributed by atoms with E-state index in [-0.39, 0.29) is 9.81 Å². The highest BCUT2D eigenvalue weighted by Gasteiger charge is 2.33. The van der Waals surface area contributed by atoms with Crippen molar-refractivity contribution in [3.8, 4) is 0 Å². The third-order valence-corrected chi connectivity index (χ3v) is 4.57. The lowest BCUT2D eigenvalue weighted by atomic mass is 10.2. The number of carbonyl (C=O) groups excluding carboxylic acids is 1. The molecule has 6 heteroatoms. The smallest absolute Gasteiger partial charge is 0.349 e. The maximum atomic E-state index is 12.1. The lowest BCUT2D eigenvalue weighted by Gasteiger charge is -2.06. The van der Waals surface area contributed by atoms with Crippen molar-refractivity contribution in [1.82, 2.24) is 0 Å². The molecule has 0 spiro atoms. The van der Waals surface area contributed by atoms with Gasteiger partial charge in [-0.25, -0.2) is 13.2 Å². The molecule has 0 atom stereocenters. The van der Waals surface area contributed by atoms with E-state index in [9.17, 15) is 13.2 Å². The molecule has 4 nitrogen and oxygen atoms in total. The third kappa shape index (κ3) is 2.07. The van der Waals surface area contributed by atoms with Gasteiger partial charge in [0.2, 0.25) is 9.84 Å². The summed E-state index contributed by atoms with van der Waals surface area (Å²) in [7, 11) is -2.66. The molecule has 0 aliphatic carbocycles. The van der Waals surface area contributed by atoms with Gasteiger partial charge in [-0.1, -0.05) is 23.7 Å². The zero-order valence-corrected chi connectivity index (χ0v) is 11.0. The van der Waals surface area contributed by atoms with Crippen LogP contribution in [-0.2, 0) is 19.4 Å². The first-order valence-corrected chi connectivity index (χ1v) is 6.84. The quantitative estimate of drug-likeness (QED) is 0.781. The van der Waals surface area contributed by atoms with Gasteiger partial charge in [0.15, 0.2) is 4.91 Å². The maximum Gasteiger partial charge on any atom is 0.349 e.